The number of hydrogen-bond acceptors (Lipinski definition) is 19. The Kier molecular flexibility index (Phi) is 22.9. The number of esters is 2. The number of aromatic hydroxyl groups is 3. The molecule has 0 atom stereocenters. The average molecular weight is 1360 g/mol. The molecule has 0 unspecified atom stereocenters. The van der Waals surface area contributed by atoms with E-state index in [2.05, 4.69) is 26.6 Å². The fourth-order valence-corrected chi connectivity index (χ4v) is 8.58. The van der Waals surface area contributed by atoms with Crippen molar-refractivity contribution >= 4 is 97.0 Å². The predicted octanol–water partition coefficient (Wildman–Crippen LogP) is 7.75. The molecule has 23 nitrogen and oxygen atoms in total. The van der Waals surface area contributed by atoms with Crippen molar-refractivity contribution in [1.82, 2.24) is 16.0 Å². The molecule has 6 aromatic carbocycles. The van der Waals surface area contributed by atoms with Crippen molar-refractivity contribution in [2.45, 2.75) is 52.7 Å². The Balaban J connectivity index is 0.000000206. The quantitative estimate of drug-likeness (QED) is 0.0244. The fourth-order valence-electron chi connectivity index (χ4n) is 8.13. The van der Waals surface area contributed by atoms with Crippen LogP contribution in [-0.4, -0.2) is 104 Å². The second-order valence-electron chi connectivity index (χ2n) is 21.2. The van der Waals surface area contributed by atoms with Crippen LogP contribution < -0.4 is 38.3 Å². The monoisotopic (exact) mass is 1360 g/mol. The van der Waals surface area contributed by atoms with Gasteiger partial charge in [-0.05, 0) is 135 Å². The van der Waals surface area contributed by atoms with Gasteiger partial charge in [0.1, 0.15) is 59.3 Å². The number of carboxylic acid groups (broad SMARTS) is 1. The normalized spacial score (nSPS) is 11.0. The van der Waals surface area contributed by atoms with Crippen molar-refractivity contribution in [2.75, 3.05) is 19.6 Å². The van der Waals surface area contributed by atoms with Crippen molar-refractivity contribution < 1.29 is 108 Å². The first-order chi connectivity index (χ1) is 43.5. The molecular formula is C62H51BBrF6N3O20. The van der Waals surface area contributed by atoms with Gasteiger partial charge in [0, 0.05) is 11.1 Å². The van der Waals surface area contributed by atoms with Gasteiger partial charge in [-0.3, -0.25) is 28.8 Å². The lowest BCUT2D eigenvalue weighted by Gasteiger charge is -2.19. The van der Waals surface area contributed by atoms with E-state index in [0.717, 1.165) is 42.5 Å². The summed E-state index contributed by atoms with van der Waals surface area (Å²) < 4.78 is 104. The molecule has 0 bridgehead atoms. The number of para-hydroxylation sites is 3. The predicted molar refractivity (Wildman–Crippen MR) is 323 cm³/mol. The minimum absolute atomic E-state index is 0.00394. The third kappa shape index (κ3) is 18.2. The van der Waals surface area contributed by atoms with E-state index in [1.807, 2.05) is 5.32 Å². The van der Waals surface area contributed by atoms with E-state index >= 15 is 0 Å². The summed E-state index contributed by atoms with van der Waals surface area (Å²) >= 11 is 3.20. The third-order valence-electron chi connectivity index (χ3n) is 12.1. The molecule has 3 amide bonds. The summed E-state index contributed by atoms with van der Waals surface area (Å²) in [6, 6.07) is 22.2. The molecule has 0 aliphatic rings. The molecule has 3 aromatic heterocycles. The molecule has 3 heterocycles. The summed E-state index contributed by atoms with van der Waals surface area (Å²) in [7, 11) is -1.76. The van der Waals surface area contributed by atoms with Gasteiger partial charge in [-0.1, -0.05) is 48.5 Å². The zero-order valence-corrected chi connectivity index (χ0v) is 50.7. The van der Waals surface area contributed by atoms with Crippen LogP contribution in [0.1, 0.15) is 72.6 Å². The lowest BCUT2D eigenvalue weighted by atomic mass is 9.80. The van der Waals surface area contributed by atoms with Gasteiger partial charge in [-0.25, -0.2) is 40.7 Å². The maximum Gasteiger partial charge on any atom is 0.488 e. The van der Waals surface area contributed by atoms with Gasteiger partial charge in [0.05, 0.1) is 20.6 Å². The molecule has 0 saturated heterocycles. The fraction of sp³-hybridized carbons (Fsp3) is 0.177. The molecule has 0 radical (unpaired) electrons. The van der Waals surface area contributed by atoms with E-state index in [4.69, 9.17) is 37.9 Å². The Morgan fingerprint density at radius 1 is 0.473 bits per heavy atom. The highest BCUT2D eigenvalue weighted by Gasteiger charge is 2.28. The Labute approximate surface area is 527 Å². The van der Waals surface area contributed by atoms with Crippen LogP contribution in [0.3, 0.4) is 0 Å². The molecule has 486 valence electrons. The van der Waals surface area contributed by atoms with Gasteiger partial charge in [0.2, 0.25) is 0 Å². The van der Waals surface area contributed by atoms with Gasteiger partial charge >= 0.3 is 41.9 Å². The molecule has 9 aromatic rings. The van der Waals surface area contributed by atoms with Gasteiger partial charge in [0.15, 0.2) is 57.2 Å². The highest BCUT2D eigenvalue weighted by molar-refractivity contribution is 9.10. The van der Waals surface area contributed by atoms with Crippen molar-refractivity contribution in [3.63, 3.8) is 0 Å². The molecule has 0 aliphatic heterocycles. The van der Waals surface area contributed by atoms with Crippen LogP contribution >= 0.6 is 15.9 Å². The van der Waals surface area contributed by atoms with Crippen LogP contribution in [0.25, 0.3) is 55.2 Å². The molecule has 9 N–H and O–H groups in total. The second kappa shape index (κ2) is 29.9. The Hall–Kier alpha value is -10.8. The summed E-state index contributed by atoms with van der Waals surface area (Å²) in [4.78, 5) is 107. The first-order valence-electron chi connectivity index (χ1n) is 26.7. The van der Waals surface area contributed by atoms with Gasteiger partial charge < -0.3 is 69.1 Å². The number of aliphatic carboxylic acids is 1. The first-order valence-corrected chi connectivity index (χ1v) is 27.5. The maximum absolute atomic E-state index is 13.6. The number of rotatable bonds is 12. The van der Waals surface area contributed by atoms with E-state index in [-0.39, 0.29) is 60.6 Å². The Bertz CT molecular complexity index is 4600. The lowest BCUT2D eigenvalue weighted by Crippen LogP contribution is -2.36. The zero-order valence-electron chi connectivity index (χ0n) is 49.1. The van der Waals surface area contributed by atoms with Crippen LogP contribution in [0.2, 0.25) is 0 Å². The van der Waals surface area contributed by atoms with Crippen LogP contribution in [0.5, 0.6) is 17.2 Å². The van der Waals surface area contributed by atoms with Crippen LogP contribution in [0.4, 0.5) is 26.3 Å². The van der Waals surface area contributed by atoms with E-state index in [0.29, 0.717) is 4.47 Å². The Morgan fingerprint density at radius 3 is 1.15 bits per heavy atom. The molecule has 0 aliphatic carbocycles. The molecule has 9 rings (SSSR count). The van der Waals surface area contributed by atoms with Crippen molar-refractivity contribution in [3.05, 3.63) is 197 Å². The number of hydrogen-bond donors (Lipinski definition) is 9. The minimum Gasteiger partial charge on any atom is -0.506 e. The van der Waals surface area contributed by atoms with Gasteiger partial charge in [0.25, 0.3) is 17.7 Å². The minimum atomic E-state index is -1.76. The number of carbonyl (C=O) groups excluding carboxylic acids is 5. The number of amides is 3. The van der Waals surface area contributed by atoms with E-state index in [1.165, 1.54) is 54.6 Å². The van der Waals surface area contributed by atoms with E-state index in [1.54, 1.807) is 53.7 Å². The number of ether oxygens (including phenoxy) is 2. The van der Waals surface area contributed by atoms with Crippen molar-refractivity contribution in [2.24, 2.45) is 0 Å². The van der Waals surface area contributed by atoms with Crippen LogP contribution in [0.15, 0.2) is 141 Å². The van der Waals surface area contributed by atoms with Crippen molar-refractivity contribution in [1.29, 1.82) is 0 Å². The second-order valence-corrected chi connectivity index (χ2v) is 22.1. The standard InChI is InChI=1S/C22H19F2NO6.C18H11F2NO6.C16H16BrNO6.C6H5BF2O2/c1-22(2,3)31-16(26)10-25-20(28)17-18(27)13-6-4-5-12(19(13)30-21(17)29)11-7-8-14(23)15(24)9-11;19-11-5-4-8(6-12(11)20)9-2-1-3-10-15(24)14(18(26)27-16(9)10)17(25)21-7-13(22)23;1-16(2,3)24-10(19)7-18-14(21)11-12(20)8-5-4-6-9(17)13(8)23-15(11)22;8-5-2-1-4(7(10)11)3-6(5)9/h4-9,27H,10H2,1-3H3,(H,25,28);1-6,24H,7H2,(H,21,25)(H,22,23);4-6,20H,7H2,1-3H3,(H,18,21);1-3,10-11H. The topological polar surface area (TPSA) is 369 Å². The van der Waals surface area contributed by atoms with E-state index in [9.17, 15) is 84.8 Å². The number of carbonyl (C=O) groups is 6. The number of carboxylic acids is 1. The largest absolute Gasteiger partial charge is 0.506 e. The molecule has 0 saturated carbocycles. The summed E-state index contributed by atoms with van der Waals surface area (Å²) in [6.07, 6.45) is 0. The van der Waals surface area contributed by atoms with E-state index < -0.39 is 159 Å². The first kappa shape index (κ1) is 71.3. The van der Waals surface area contributed by atoms with Gasteiger partial charge in [-0.2, -0.15) is 0 Å². The van der Waals surface area contributed by atoms with Gasteiger partial charge in [-0.15, -0.1) is 0 Å². The molecule has 0 fully saturated rings. The summed E-state index contributed by atoms with van der Waals surface area (Å²) in [5.41, 5.74) is -6.25. The number of benzene rings is 6. The molecular weight excluding hydrogens is 1310 g/mol. The van der Waals surface area contributed by atoms with Crippen LogP contribution in [0, 0.1) is 34.9 Å². The molecule has 0 spiro atoms. The SMILES string of the molecule is CC(C)(C)OC(=O)CNC(=O)c1c(O)c2cccc(-c3ccc(F)c(F)c3)c2oc1=O.CC(C)(C)OC(=O)CNC(=O)c1c(O)c2cccc(Br)c2oc1=O.O=C(O)CNC(=O)c1c(O)c2cccc(-c3ccc(F)c(F)c3)c2oc1=O.OB(O)c1ccc(F)c(F)c1. The highest BCUT2D eigenvalue weighted by atomic mass is 79.9. The van der Waals surface area contributed by atoms with Crippen LogP contribution in [-0.2, 0) is 23.9 Å². The number of nitrogens with one attached hydrogen (secondary N) is 3. The lowest BCUT2D eigenvalue weighted by molar-refractivity contribution is -0.154. The maximum atomic E-state index is 13.6. The number of fused-ring (bicyclic) bond motifs is 3. The summed E-state index contributed by atoms with van der Waals surface area (Å²) in [5, 5.41) is 63.3. The zero-order chi connectivity index (χ0) is 69.1. The average Bonchev–Trinajstić information content (AvgIpc) is 0.782. The summed E-state index contributed by atoms with van der Waals surface area (Å²) in [5.74, 6) is -14.1. The Morgan fingerprint density at radius 2 is 0.806 bits per heavy atom. The number of halogens is 7. The smallest absolute Gasteiger partial charge is 0.488 e. The third-order valence-corrected chi connectivity index (χ3v) is 12.7. The molecule has 93 heavy (non-hydrogen) atoms. The van der Waals surface area contributed by atoms with Crippen molar-refractivity contribution in [3.8, 4) is 39.5 Å². The molecule has 31 heteroatoms. The highest BCUT2D eigenvalue weighted by Crippen LogP contribution is 2.37. The summed E-state index contributed by atoms with van der Waals surface area (Å²) in [6.45, 7) is 8.30.